The molecule has 0 heterocycles. The highest BCUT2D eigenvalue weighted by molar-refractivity contribution is 4.68. The van der Waals surface area contributed by atoms with Crippen LogP contribution >= 0.6 is 0 Å². The molecule has 1 nitrogen and oxygen atoms in total. The van der Waals surface area contributed by atoms with E-state index in [1.54, 1.807) is 0 Å². The number of nitrogens with one attached hydrogen (secondary N) is 1. The molecule has 0 amide bonds. The second kappa shape index (κ2) is 9.94. The Kier molecular flexibility index (Phi) is 8.78. The topological polar surface area (TPSA) is 12.0 Å². The lowest BCUT2D eigenvalue weighted by molar-refractivity contribution is 0.406. The van der Waals surface area contributed by atoms with Gasteiger partial charge in [0.05, 0.1) is 0 Å². The van der Waals surface area contributed by atoms with E-state index in [-0.39, 0.29) is 0 Å². The Morgan fingerprint density at radius 1 is 1.12 bits per heavy atom. The lowest BCUT2D eigenvalue weighted by Crippen LogP contribution is -2.23. The van der Waals surface area contributed by atoms with Crippen LogP contribution in [-0.2, 0) is 0 Å². The van der Waals surface area contributed by atoms with Crippen LogP contribution in [0.25, 0.3) is 0 Å². The van der Waals surface area contributed by atoms with Crippen molar-refractivity contribution in [1.29, 1.82) is 0 Å². The van der Waals surface area contributed by atoms with Gasteiger partial charge in [-0.05, 0) is 44.2 Å². The molecule has 0 spiro atoms. The van der Waals surface area contributed by atoms with Gasteiger partial charge >= 0.3 is 0 Å². The highest BCUT2D eigenvalue weighted by atomic mass is 14.8. The Labute approximate surface area is 109 Å². The lowest BCUT2D eigenvalue weighted by atomic mass is 9.99. The smallest absolute Gasteiger partial charge is 0.00206 e. The van der Waals surface area contributed by atoms with Crippen molar-refractivity contribution in [3.8, 4) is 0 Å². The molecule has 1 heteroatoms. The fourth-order valence-electron chi connectivity index (χ4n) is 3.06. The van der Waals surface area contributed by atoms with Crippen LogP contribution in [0.2, 0.25) is 0 Å². The van der Waals surface area contributed by atoms with Crippen molar-refractivity contribution in [1.82, 2.24) is 5.32 Å². The van der Waals surface area contributed by atoms with Crippen LogP contribution in [0.15, 0.2) is 0 Å². The summed E-state index contributed by atoms with van der Waals surface area (Å²) < 4.78 is 0. The van der Waals surface area contributed by atoms with Crippen LogP contribution in [-0.4, -0.2) is 13.1 Å². The normalized spacial score (nSPS) is 18.7. The van der Waals surface area contributed by atoms with Gasteiger partial charge in [-0.15, -0.1) is 0 Å². The molecule has 1 fully saturated rings. The van der Waals surface area contributed by atoms with Crippen LogP contribution in [0, 0.1) is 11.8 Å². The highest BCUT2D eigenvalue weighted by Gasteiger charge is 2.13. The zero-order valence-corrected chi connectivity index (χ0v) is 12.1. The molecule has 1 aliphatic carbocycles. The fraction of sp³-hybridized carbons (Fsp3) is 1.00. The van der Waals surface area contributed by atoms with Gasteiger partial charge < -0.3 is 5.32 Å². The standard InChI is InChI=1S/C16H33N/c1-3-5-9-15(4-2)14-17-13-8-12-16-10-6-7-11-16/h15-17H,3-14H2,1-2H3. The lowest BCUT2D eigenvalue weighted by Gasteiger charge is -2.15. The number of hydrogen-bond acceptors (Lipinski definition) is 1. The van der Waals surface area contributed by atoms with Crippen molar-refractivity contribution in [3.05, 3.63) is 0 Å². The molecule has 1 N–H and O–H groups in total. The van der Waals surface area contributed by atoms with E-state index in [2.05, 4.69) is 19.2 Å². The maximum atomic E-state index is 3.67. The molecule has 0 aliphatic heterocycles. The third-order valence-electron chi connectivity index (χ3n) is 4.42. The minimum absolute atomic E-state index is 0.918. The predicted molar refractivity (Wildman–Crippen MR) is 77.4 cm³/mol. The second-order valence-corrected chi connectivity index (χ2v) is 5.91. The maximum Gasteiger partial charge on any atom is -0.00206 e. The molecule has 0 aromatic rings. The molecule has 0 aromatic carbocycles. The molecule has 102 valence electrons. The van der Waals surface area contributed by atoms with E-state index in [4.69, 9.17) is 0 Å². The summed E-state index contributed by atoms with van der Waals surface area (Å²) in [7, 11) is 0. The Hall–Kier alpha value is -0.0400. The molecule has 0 aromatic heterocycles. The Morgan fingerprint density at radius 2 is 1.88 bits per heavy atom. The second-order valence-electron chi connectivity index (χ2n) is 5.91. The fourth-order valence-corrected chi connectivity index (χ4v) is 3.06. The van der Waals surface area contributed by atoms with Crippen molar-refractivity contribution >= 4 is 0 Å². The predicted octanol–water partition coefficient (Wildman–Crippen LogP) is 4.76. The van der Waals surface area contributed by atoms with E-state index < -0.39 is 0 Å². The molecule has 0 bridgehead atoms. The van der Waals surface area contributed by atoms with Crippen molar-refractivity contribution in [2.24, 2.45) is 11.8 Å². The van der Waals surface area contributed by atoms with E-state index >= 15 is 0 Å². The first-order valence-electron chi connectivity index (χ1n) is 8.07. The summed E-state index contributed by atoms with van der Waals surface area (Å²) in [6.07, 6.45) is 14.4. The molecule has 0 saturated heterocycles. The van der Waals surface area contributed by atoms with Crippen molar-refractivity contribution < 1.29 is 0 Å². The average molecular weight is 239 g/mol. The number of rotatable bonds is 10. The molecule has 0 radical (unpaired) electrons. The summed E-state index contributed by atoms with van der Waals surface area (Å²) >= 11 is 0. The highest BCUT2D eigenvalue weighted by Crippen LogP contribution is 2.28. The van der Waals surface area contributed by atoms with Crippen molar-refractivity contribution in [2.75, 3.05) is 13.1 Å². The van der Waals surface area contributed by atoms with Crippen LogP contribution in [0.3, 0.4) is 0 Å². The van der Waals surface area contributed by atoms with Gasteiger partial charge in [0.25, 0.3) is 0 Å². The van der Waals surface area contributed by atoms with Crippen LogP contribution < -0.4 is 5.32 Å². The van der Waals surface area contributed by atoms with Crippen LogP contribution in [0.5, 0.6) is 0 Å². The summed E-state index contributed by atoms with van der Waals surface area (Å²) in [5, 5.41) is 3.67. The molecule has 1 atom stereocenters. The minimum Gasteiger partial charge on any atom is -0.316 e. The Bertz CT molecular complexity index is 161. The molecule has 17 heavy (non-hydrogen) atoms. The summed E-state index contributed by atoms with van der Waals surface area (Å²) in [5.41, 5.74) is 0. The van der Waals surface area contributed by atoms with Gasteiger partial charge in [-0.2, -0.15) is 0 Å². The number of hydrogen-bond donors (Lipinski definition) is 1. The molecular formula is C16H33N. The van der Waals surface area contributed by atoms with E-state index in [9.17, 15) is 0 Å². The SMILES string of the molecule is CCCCC(CC)CNCCCC1CCCC1. The van der Waals surface area contributed by atoms with Crippen molar-refractivity contribution in [3.63, 3.8) is 0 Å². The van der Waals surface area contributed by atoms with Crippen LogP contribution in [0.4, 0.5) is 0 Å². The van der Waals surface area contributed by atoms with E-state index in [1.807, 2.05) is 0 Å². The third-order valence-corrected chi connectivity index (χ3v) is 4.42. The molecule has 1 rings (SSSR count). The third kappa shape index (κ3) is 7.08. The average Bonchev–Trinajstić information content (AvgIpc) is 2.85. The van der Waals surface area contributed by atoms with Gasteiger partial charge in [-0.25, -0.2) is 0 Å². The first kappa shape index (κ1) is 15.0. The monoisotopic (exact) mass is 239 g/mol. The van der Waals surface area contributed by atoms with Gasteiger partial charge in [0.15, 0.2) is 0 Å². The van der Waals surface area contributed by atoms with E-state index in [0.717, 1.165) is 11.8 Å². The zero-order chi connectivity index (χ0) is 12.3. The summed E-state index contributed by atoms with van der Waals surface area (Å²) in [6.45, 7) is 7.13. The van der Waals surface area contributed by atoms with Gasteiger partial charge in [0.1, 0.15) is 0 Å². The minimum atomic E-state index is 0.918. The molecule has 1 aliphatic rings. The summed E-state index contributed by atoms with van der Waals surface area (Å²) in [4.78, 5) is 0. The molecular weight excluding hydrogens is 206 g/mol. The number of unbranched alkanes of at least 4 members (excludes halogenated alkanes) is 1. The van der Waals surface area contributed by atoms with E-state index in [0.29, 0.717) is 0 Å². The van der Waals surface area contributed by atoms with E-state index in [1.165, 1.54) is 77.3 Å². The van der Waals surface area contributed by atoms with Crippen LogP contribution in [0.1, 0.15) is 78.1 Å². The first-order valence-corrected chi connectivity index (χ1v) is 8.07. The van der Waals surface area contributed by atoms with Gasteiger partial charge in [0.2, 0.25) is 0 Å². The van der Waals surface area contributed by atoms with Gasteiger partial charge in [-0.1, -0.05) is 58.8 Å². The zero-order valence-electron chi connectivity index (χ0n) is 12.1. The largest absolute Gasteiger partial charge is 0.316 e. The van der Waals surface area contributed by atoms with Gasteiger partial charge in [0, 0.05) is 0 Å². The van der Waals surface area contributed by atoms with Crippen molar-refractivity contribution in [2.45, 2.75) is 78.1 Å². The van der Waals surface area contributed by atoms with Gasteiger partial charge in [-0.3, -0.25) is 0 Å². The Balaban J connectivity index is 1.90. The summed E-state index contributed by atoms with van der Waals surface area (Å²) in [6, 6.07) is 0. The molecule has 1 unspecified atom stereocenters. The first-order chi connectivity index (χ1) is 8.36. The Morgan fingerprint density at radius 3 is 2.53 bits per heavy atom. The quantitative estimate of drug-likeness (QED) is 0.542. The molecule has 1 saturated carbocycles. The maximum absolute atomic E-state index is 3.67. The summed E-state index contributed by atoms with van der Waals surface area (Å²) in [5.74, 6) is 1.99.